The molecular weight excluding hydrogens is 431 g/mol. The minimum absolute atomic E-state index is 0.0211. The summed E-state index contributed by atoms with van der Waals surface area (Å²) in [4.78, 5) is 17.1. The number of aromatic nitrogens is 4. The summed E-state index contributed by atoms with van der Waals surface area (Å²) in [5, 5.41) is 8.94. The fraction of sp³-hybridized carbons (Fsp3) is 0.0435. The lowest BCUT2D eigenvalue weighted by molar-refractivity contribution is 0.606. The molecule has 0 bridgehead atoms. The molecule has 2 aromatic carbocycles. The Morgan fingerprint density at radius 1 is 1.12 bits per heavy atom. The highest BCUT2D eigenvalue weighted by atomic mass is 35.5. The lowest BCUT2D eigenvalue weighted by Gasteiger charge is -2.10. The van der Waals surface area contributed by atoms with E-state index >= 15 is 0 Å². The van der Waals surface area contributed by atoms with Gasteiger partial charge in [-0.1, -0.05) is 17.7 Å². The molecule has 0 saturated carbocycles. The molecule has 160 valence electrons. The van der Waals surface area contributed by atoms with Gasteiger partial charge in [-0.2, -0.15) is 10.2 Å². The van der Waals surface area contributed by atoms with Gasteiger partial charge in [0.05, 0.1) is 17.1 Å². The van der Waals surface area contributed by atoms with Gasteiger partial charge in [0.2, 0.25) is 5.43 Å². The van der Waals surface area contributed by atoms with Crippen molar-refractivity contribution in [2.24, 2.45) is 10.7 Å². The fourth-order valence-electron chi connectivity index (χ4n) is 3.02. The lowest BCUT2D eigenvalue weighted by Crippen LogP contribution is -2.21. The van der Waals surface area contributed by atoms with Crippen LogP contribution in [0.4, 0.5) is 10.1 Å². The van der Waals surface area contributed by atoms with Crippen molar-refractivity contribution >= 4 is 23.0 Å². The van der Waals surface area contributed by atoms with Crippen molar-refractivity contribution in [3.8, 4) is 11.4 Å². The van der Waals surface area contributed by atoms with E-state index in [2.05, 4.69) is 15.2 Å². The molecule has 9 heteroatoms. The van der Waals surface area contributed by atoms with E-state index in [1.54, 1.807) is 66.5 Å². The van der Waals surface area contributed by atoms with Crippen LogP contribution in [0.3, 0.4) is 0 Å². The SMILES string of the molecule is CC(N)=CC(=Nc1cccc(Cl)c1)c1nn(-c2ccc(-n3cccn3)cc2F)ccc1=O. The van der Waals surface area contributed by atoms with Gasteiger partial charge in [-0.05, 0) is 49.4 Å². The van der Waals surface area contributed by atoms with Crippen LogP contribution in [0.25, 0.3) is 11.4 Å². The normalized spacial score (nSPS) is 12.2. The minimum atomic E-state index is -0.529. The highest BCUT2D eigenvalue weighted by Crippen LogP contribution is 2.20. The Kier molecular flexibility index (Phi) is 5.96. The molecule has 2 N–H and O–H groups in total. The molecule has 0 atom stereocenters. The third kappa shape index (κ3) is 4.65. The monoisotopic (exact) mass is 448 g/mol. The first kappa shape index (κ1) is 21.2. The zero-order valence-corrected chi connectivity index (χ0v) is 17.7. The van der Waals surface area contributed by atoms with Gasteiger partial charge in [0.1, 0.15) is 5.69 Å². The van der Waals surface area contributed by atoms with Crippen molar-refractivity contribution < 1.29 is 4.39 Å². The molecule has 0 amide bonds. The molecule has 0 aliphatic carbocycles. The van der Waals surface area contributed by atoms with Crippen molar-refractivity contribution in [3.05, 3.63) is 112 Å². The smallest absolute Gasteiger partial charge is 0.209 e. The number of rotatable bonds is 5. The van der Waals surface area contributed by atoms with Crippen LogP contribution >= 0.6 is 11.6 Å². The Bertz CT molecular complexity index is 1390. The highest BCUT2D eigenvalue weighted by molar-refractivity contribution is 6.30. The van der Waals surface area contributed by atoms with Gasteiger partial charge < -0.3 is 5.73 Å². The molecule has 7 nitrogen and oxygen atoms in total. The second-order valence-corrected chi connectivity index (χ2v) is 7.36. The predicted octanol–water partition coefficient (Wildman–Crippen LogP) is 4.19. The van der Waals surface area contributed by atoms with E-state index in [4.69, 9.17) is 17.3 Å². The predicted molar refractivity (Wildman–Crippen MR) is 123 cm³/mol. The summed E-state index contributed by atoms with van der Waals surface area (Å²) in [7, 11) is 0. The van der Waals surface area contributed by atoms with Crippen LogP contribution in [0.2, 0.25) is 5.02 Å². The number of hydrogen-bond acceptors (Lipinski definition) is 5. The Morgan fingerprint density at radius 3 is 2.66 bits per heavy atom. The second kappa shape index (κ2) is 8.99. The molecule has 4 rings (SSSR count). The average Bonchev–Trinajstić information content (AvgIpc) is 3.28. The molecule has 0 radical (unpaired) electrons. The first-order valence-electron chi connectivity index (χ1n) is 9.59. The van der Waals surface area contributed by atoms with E-state index in [1.807, 2.05) is 0 Å². The largest absolute Gasteiger partial charge is 0.402 e. The van der Waals surface area contributed by atoms with Crippen LogP contribution in [0.1, 0.15) is 12.6 Å². The number of benzene rings is 2. The van der Waals surface area contributed by atoms with E-state index in [0.717, 1.165) is 0 Å². The van der Waals surface area contributed by atoms with Crippen LogP contribution in [0.5, 0.6) is 0 Å². The Morgan fingerprint density at radius 2 is 1.97 bits per heavy atom. The second-order valence-electron chi connectivity index (χ2n) is 6.92. The third-order valence-electron chi connectivity index (χ3n) is 4.42. The van der Waals surface area contributed by atoms with Crippen LogP contribution in [0.15, 0.2) is 94.7 Å². The summed E-state index contributed by atoms with van der Waals surface area (Å²) < 4.78 is 17.7. The molecule has 4 aromatic rings. The summed E-state index contributed by atoms with van der Waals surface area (Å²) in [6.07, 6.45) is 6.25. The molecule has 32 heavy (non-hydrogen) atoms. The molecule has 2 aromatic heterocycles. The van der Waals surface area contributed by atoms with Gasteiger partial charge in [-0.15, -0.1) is 0 Å². The van der Waals surface area contributed by atoms with Crippen LogP contribution in [-0.2, 0) is 0 Å². The molecule has 0 fully saturated rings. The number of nitrogens with two attached hydrogens (primary N) is 1. The Labute approximate surface area is 187 Å². The molecule has 0 unspecified atom stereocenters. The summed E-state index contributed by atoms with van der Waals surface area (Å²) >= 11 is 6.05. The first-order valence-corrected chi connectivity index (χ1v) is 9.97. The van der Waals surface area contributed by atoms with Gasteiger partial charge in [0.25, 0.3) is 0 Å². The maximum absolute atomic E-state index is 14.9. The number of aliphatic imine (C=N–C) groups is 1. The van der Waals surface area contributed by atoms with Gasteiger partial charge in [-0.25, -0.2) is 18.7 Å². The van der Waals surface area contributed by atoms with E-state index in [9.17, 15) is 9.18 Å². The van der Waals surface area contributed by atoms with Crippen molar-refractivity contribution in [2.45, 2.75) is 6.92 Å². The standard InChI is InChI=1S/C23H18ClFN6O/c1-15(26)12-20(28-17-5-2-4-16(24)13-17)23-22(32)8-11-31(29-23)21-7-6-18(14-19(21)25)30-10-3-9-27-30/h2-14H,26H2,1H3. The summed E-state index contributed by atoms with van der Waals surface area (Å²) in [5.74, 6) is -0.529. The number of allylic oxidation sites excluding steroid dienone is 2. The quantitative estimate of drug-likeness (QED) is 0.463. The van der Waals surface area contributed by atoms with Crippen molar-refractivity contribution in [3.63, 3.8) is 0 Å². The van der Waals surface area contributed by atoms with Crippen LogP contribution in [-0.4, -0.2) is 25.3 Å². The van der Waals surface area contributed by atoms with Gasteiger partial charge >= 0.3 is 0 Å². The van der Waals surface area contributed by atoms with Crippen LogP contribution < -0.4 is 11.2 Å². The third-order valence-corrected chi connectivity index (χ3v) is 4.66. The number of hydrogen-bond donors (Lipinski definition) is 1. The molecule has 0 aliphatic heterocycles. The van der Waals surface area contributed by atoms with Gasteiger partial charge in [-0.3, -0.25) is 4.79 Å². The fourth-order valence-corrected chi connectivity index (χ4v) is 3.20. The lowest BCUT2D eigenvalue weighted by atomic mass is 10.2. The molecule has 2 heterocycles. The Hall–Kier alpha value is -4.04. The minimum Gasteiger partial charge on any atom is -0.402 e. The molecule has 0 aliphatic rings. The number of halogens is 2. The Balaban J connectivity index is 1.81. The summed E-state index contributed by atoms with van der Waals surface area (Å²) in [5.41, 5.74) is 7.40. The van der Waals surface area contributed by atoms with Crippen molar-refractivity contribution in [1.29, 1.82) is 0 Å². The molecular formula is C23H18ClFN6O. The summed E-state index contributed by atoms with van der Waals surface area (Å²) in [6, 6.07) is 14.5. The highest BCUT2D eigenvalue weighted by Gasteiger charge is 2.13. The molecule has 0 saturated heterocycles. The zero-order valence-electron chi connectivity index (χ0n) is 17.0. The maximum atomic E-state index is 14.9. The molecule has 0 spiro atoms. The average molecular weight is 449 g/mol. The number of nitrogens with zero attached hydrogens (tertiary/aromatic N) is 5. The van der Waals surface area contributed by atoms with E-state index in [-0.39, 0.29) is 22.5 Å². The van der Waals surface area contributed by atoms with E-state index in [1.165, 1.54) is 29.1 Å². The summed E-state index contributed by atoms with van der Waals surface area (Å²) in [6.45, 7) is 1.67. The van der Waals surface area contributed by atoms with Crippen molar-refractivity contribution in [2.75, 3.05) is 0 Å². The van der Waals surface area contributed by atoms with Gasteiger partial charge in [0, 0.05) is 41.4 Å². The van der Waals surface area contributed by atoms with Crippen molar-refractivity contribution in [1.82, 2.24) is 19.6 Å². The van der Waals surface area contributed by atoms with Crippen LogP contribution in [0, 0.1) is 5.82 Å². The maximum Gasteiger partial charge on any atom is 0.209 e. The van der Waals surface area contributed by atoms with E-state index < -0.39 is 5.82 Å². The van der Waals surface area contributed by atoms with Gasteiger partial charge in [0.15, 0.2) is 11.5 Å². The topological polar surface area (TPSA) is 91.1 Å². The van der Waals surface area contributed by atoms with E-state index in [0.29, 0.717) is 22.1 Å². The first-order chi connectivity index (χ1) is 15.4. The zero-order chi connectivity index (χ0) is 22.7.